The summed E-state index contributed by atoms with van der Waals surface area (Å²) in [5, 5.41) is 8.42. The van der Waals surface area contributed by atoms with Crippen LogP contribution in [0.25, 0.3) is 27.7 Å². The quantitative estimate of drug-likeness (QED) is 0.482. The number of pyridine rings is 1. The van der Waals surface area contributed by atoms with Gasteiger partial charge in [0.15, 0.2) is 0 Å². The SMILES string of the molecule is CCOc1ncc2c(-c3ccn4ncc(C(=O)N[C@H]5CC[C@H](OC)CC5)c4c3)c[nH]c2n1. The summed E-state index contributed by atoms with van der Waals surface area (Å²) in [4.78, 5) is 24.9. The van der Waals surface area contributed by atoms with Crippen molar-refractivity contribution in [2.45, 2.75) is 44.8 Å². The lowest BCUT2D eigenvalue weighted by Crippen LogP contribution is -2.38. The van der Waals surface area contributed by atoms with E-state index in [1.54, 1.807) is 24.0 Å². The van der Waals surface area contributed by atoms with Gasteiger partial charge in [0.05, 0.1) is 30.0 Å². The molecule has 1 aliphatic rings. The lowest BCUT2D eigenvalue weighted by molar-refractivity contribution is 0.0599. The van der Waals surface area contributed by atoms with Crippen LogP contribution in [0.3, 0.4) is 0 Å². The van der Waals surface area contributed by atoms with Crippen LogP contribution in [-0.4, -0.2) is 56.3 Å². The molecule has 0 aliphatic heterocycles. The van der Waals surface area contributed by atoms with Crippen LogP contribution in [0.15, 0.2) is 36.9 Å². The van der Waals surface area contributed by atoms with Gasteiger partial charge in [-0.2, -0.15) is 10.1 Å². The number of carbonyl (C=O) groups excluding carboxylic acids is 1. The highest BCUT2D eigenvalue weighted by Gasteiger charge is 2.24. The molecule has 1 saturated carbocycles. The van der Waals surface area contributed by atoms with E-state index in [4.69, 9.17) is 9.47 Å². The molecule has 0 unspecified atom stereocenters. The van der Waals surface area contributed by atoms with Crippen LogP contribution in [0.2, 0.25) is 0 Å². The second-order valence-electron chi connectivity index (χ2n) is 8.04. The van der Waals surface area contributed by atoms with Gasteiger partial charge in [0.25, 0.3) is 5.91 Å². The largest absolute Gasteiger partial charge is 0.464 e. The number of methoxy groups -OCH3 is 1. The Bertz CT molecular complexity index is 1260. The molecular weight excluding hydrogens is 408 g/mol. The van der Waals surface area contributed by atoms with Crippen molar-refractivity contribution in [3.63, 3.8) is 0 Å². The Kier molecular flexibility index (Phi) is 5.48. The minimum atomic E-state index is -0.0957. The predicted octanol–water partition coefficient (Wildman–Crippen LogP) is 3.36. The van der Waals surface area contributed by atoms with Crippen molar-refractivity contribution in [1.82, 2.24) is 29.9 Å². The average molecular weight is 435 g/mol. The normalized spacial score (nSPS) is 18.8. The van der Waals surface area contributed by atoms with Crippen LogP contribution in [0.5, 0.6) is 6.01 Å². The first kappa shape index (κ1) is 20.4. The number of nitrogens with one attached hydrogen (secondary N) is 2. The molecule has 0 spiro atoms. The molecule has 0 atom stereocenters. The van der Waals surface area contributed by atoms with Crippen LogP contribution in [0.1, 0.15) is 43.0 Å². The molecule has 5 rings (SSSR count). The van der Waals surface area contributed by atoms with E-state index in [1.165, 1.54) is 0 Å². The highest BCUT2D eigenvalue weighted by molar-refractivity contribution is 6.02. The summed E-state index contributed by atoms with van der Waals surface area (Å²) in [7, 11) is 1.75. The number of hydrogen-bond donors (Lipinski definition) is 2. The first-order valence-corrected chi connectivity index (χ1v) is 10.9. The van der Waals surface area contributed by atoms with Crippen molar-refractivity contribution in [3.05, 3.63) is 42.5 Å². The molecule has 1 fully saturated rings. The van der Waals surface area contributed by atoms with Gasteiger partial charge in [-0.1, -0.05) is 0 Å². The van der Waals surface area contributed by atoms with Gasteiger partial charge in [-0.05, 0) is 50.3 Å². The van der Waals surface area contributed by atoms with Crippen molar-refractivity contribution < 1.29 is 14.3 Å². The second-order valence-corrected chi connectivity index (χ2v) is 8.04. The Hall–Kier alpha value is -3.46. The molecule has 4 heterocycles. The lowest BCUT2D eigenvalue weighted by atomic mass is 9.93. The van der Waals surface area contributed by atoms with Gasteiger partial charge in [-0.25, -0.2) is 9.50 Å². The van der Waals surface area contributed by atoms with E-state index in [2.05, 4.69) is 25.4 Å². The molecule has 0 bridgehead atoms. The number of nitrogens with zero attached hydrogens (tertiary/aromatic N) is 4. The molecule has 1 amide bonds. The van der Waals surface area contributed by atoms with Crippen LogP contribution in [0.4, 0.5) is 0 Å². The van der Waals surface area contributed by atoms with Gasteiger partial charge < -0.3 is 19.8 Å². The predicted molar refractivity (Wildman–Crippen MR) is 120 cm³/mol. The van der Waals surface area contributed by atoms with Gasteiger partial charge in [0.1, 0.15) is 5.65 Å². The molecule has 9 heteroatoms. The molecule has 4 aromatic rings. The minimum absolute atomic E-state index is 0.0957. The maximum absolute atomic E-state index is 13.0. The number of H-pyrrole nitrogens is 1. The van der Waals surface area contributed by atoms with E-state index in [1.807, 2.05) is 31.5 Å². The zero-order valence-corrected chi connectivity index (χ0v) is 18.2. The molecule has 0 aromatic carbocycles. The molecule has 4 aromatic heterocycles. The number of amides is 1. The summed E-state index contributed by atoms with van der Waals surface area (Å²) in [6.45, 7) is 2.41. The van der Waals surface area contributed by atoms with Gasteiger partial charge >= 0.3 is 6.01 Å². The van der Waals surface area contributed by atoms with Crippen LogP contribution >= 0.6 is 0 Å². The molecule has 0 saturated heterocycles. The van der Waals surface area contributed by atoms with Crippen molar-refractivity contribution >= 4 is 22.5 Å². The fourth-order valence-electron chi connectivity index (χ4n) is 4.36. The smallest absolute Gasteiger partial charge is 0.318 e. The summed E-state index contributed by atoms with van der Waals surface area (Å²) >= 11 is 0. The third-order valence-corrected chi connectivity index (χ3v) is 6.10. The lowest BCUT2D eigenvalue weighted by Gasteiger charge is -2.28. The summed E-state index contributed by atoms with van der Waals surface area (Å²) in [6, 6.07) is 4.45. The standard InChI is InChI=1S/C23H26N6O3/c1-3-32-23-25-12-18-17(11-24-21(18)28-23)14-8-9-29-20(10-14)19(13-26-29)22(30)27-15-4-6-16(31-2)7-5-15/h8-13,15-16H,3-7H2,1-2H3,(H,27,30)(H,24,25,28)/t15-,16-. The summed E-state index contributed by atoms with van der Waals surface area (Å²) in [5.74, 6) is -0.0957. The van der Waals surface area contributed by atoms with Crippen molar-refractivity contribution in [1.29, 1.82) is 0 Å². The van der Waals surface area contributed by atoms with E-state index < -0.39 is 0 Å². The van der Waals surface area contributed by atoms with E-state index in [0.717, 1.165) is 47.7 Å². The Morgan fingerprint density at radius 3 is 2.91 bits per heavy atom. The Labute approximate surface area is 185 Å². The highest BCUT2D eigenvalue weighted by Crippen LogP contribution is 2.30. The zero-order valence-electron chi connectivity index (χ0n) is 18.2. The van der Waals surface area contributed by atoms with Gasteiger partial charge in [0, 0.05) is 42.7 Å². The number of aromatic nitrogens is 5. The third-order valence-electron chi connectivity index (χ3n) is 6.10. The summed E-state index contributed by atoms with van der Waals surface area (Å²) < 4.78 is 12.5. The third kappa shape index (κ3) is 3.80. The number of ether oxygens (including phenoxy) is 2. The molecule has 0 radical (unpaired) electrons. The van der Waals surface area contributed by atoms with E-state index in [9.17, 15) is 4.79 Å². The first-order valence-electron chi connectivity index (χ1n) is 10.9. The molecule has 32 heavy (non-hydrogen) atoms. The second kappa shape index (κ2) is 8.58. The Morgan fingerprint density at radius 1 is 1.28 bits per heavy atom. The molecule has 9 nitrogen and oxygen atoms in total. The van der Waals surface area contributed by atoms with Gasteiger partial charge in [-0.3, -0.25) is 4.79 Å². The van der Waals surface area contributed by atoms with Crippen molar-refractivity contribution in [3.8, 4) is 17.1 Å². The fourth-order valence-corrected chi connectivity index (χ4v) is 4.36. The minimum Gasteiger partial charge on any atom is -0.464 e. The van der Waals surface area contributed by atoms with Gasteiger partial charge in [-0.15, -0.1) is 0 Å². The van der Waals surface area contributed by atoms with Crippen molar-refractivity contribution in [2.75, 3.05) is 13.7 Å². The van der Waals surface area contributed by atoms with E-state index in [-0.39, 0.29) is 11.9 Å². The summed E-state index contributed by atoms with van der Waals surface area (Å²) in [6.07, 6.45) is 11.2. The fraction of sp³-hybridized carbons (Fsp3) is 0.391. The Balaban J connectivity index is 1.42. The van der Waals surface area contributed by atoms with E-state index in [0.29, 0.717) is 29.9 Å². The maximum Gasteiger partial charge on any atom is 0.318 e. The van der Waals surface area contributed by atoms with Gasteiger partial charge in [0.2, 0.25) is 0 Å². The van der Waals surface area contributed by atoms with E-state index >= 15 is 0 Å². The molecule has 1 aliphatic carbocycles. The number of rotatable bonds is 6. The average Bonchev–Trinajstić information content (AvgIpc) is 3.43. The number of aromatic amines is 1. The topological polar surface area (TPSA) is 106 Å². The molecule has 166 valence electrons. The van der Waals surface area contributed by atoms with Crippen LogP contribution < -0.4 is 10.1 Å². The Morgan fingerprint density at radius 2 is 2.12 bits per heavy atom. The molecular formula is C23H26N6O3. The number of fused-ring (bicyclic) bond motifs is 2. The first-order chi connectivity index (χ1) is 15.7. The number of carbonyl (C=O) groups is 1. The molecule has 2 N–H and O–H groups in total. The van der Waals surface area contributed by atoms with Crippen LogP contribution in [-0.2, 0) is 4.74 Å². The zero-order chi connectivity index (χ0) is 22.1. The monoisotopic (exact) mass is 434 g/mol. The number of hydrogen-bond acceptors (Lipinski definition) is 6. The van der Waals surface area contributed by atoms with Crippen molar-refractivity contribution in [2.24, 2.45) is 0 Å². The highest BCUT2D eigenvalue weighted by atomic mass is 16.5. The maximum atomic E-state index is 13.0. The summed E-state index contributed by atoms with van der Waals surface area (Å²) in [5.41, 5.74) is 3.93. The van der Waals surface area contributed by atoms with Crippen LogP contribution in [0, 0.1) is 0 Å².